The summed E-state index contributed by atoms with van der Waals surface area (Å²) >= 11 is 0. The minimum absolute atomic E-state index is 0.0128. The molecule has 8 nitrogen and oxygen atoms in total. The fourth-order valence-corrected chi connectivity index (χ4v) is 8.58. The van der Waals surface area contributed by atoms with Crippen LogP contribution < -0.4 is 10.2 Å². The van der Waals surface area contributed by atoms with E-state index in [2.05, 4.69) is 31.3 Å². The molecule has 0 rings (SSSR count). The van der Waals surface area contributed by atoms with Crippen LogP contribution in [0.3, 0.4) is 0 Å². The smallest absolute Gasteiger partial charge is 0.268 e. The zero-order chi connectivity index (χ0) is 44.3. The summed E-state index contributed by atoms with van der Waals surface area (Å²) in [6, 6.07) is -0.801. The van der Waals surface area contributed by atoms with Crippen molar-refractivity contribution in [1.82, 2.24) is 5.32 Å². The Balaban J connectivity index is 4.25. The van der Waals surface area contributed by atoms with E-state index in [4.69, 9.17) is 9.05 Å². The topological polar surface area (TPSA) is 108 Å². The molecule has 0 aliphatic heterocycles. The van der Waals surface area contributed by atoms with Crippen molar-refractivity contribution in [2.75, 3.05) is 40.9 Å². The second-order valence-corrected chi connectivity index (χ2v) is 20.6. The molecule has 60 heavy (non-hydrogen) atoms. The van der Waals surface area contributed by atoms with E-state index in [1.54, 1.807) is 0 Å². The molecule has 0 aromatic carbocycles. The largest absolute Gasteiger partial charge is 0.756 e. The van der Waals surface area contributed by atoms with Gasteiger partial charge in [0, 0.05) is 6.42 Å². The molecule has 0 saturated carbocycles. The fourth-order valence-electron chi connectivity index (χ4n) is 7.86. The SMILES string of the molecule is CCCCCCCCCCC/C=C\CCCCCCCC(=O)NC(COP(=O)([O-])OCC[N+](C)(C)C)C(O)CCCCCCCCCCCCCCCCCCCCCC. The Morgan fingerprint density at radius 1 is 0.567 bits per heavy atom. The molecule has 0 fully saturated rings. The first-order valence-corrected chi connectivity index (χ1v) is 27.5. The number of nitrogens with zero attached hydrogens (tertiary/aromatic N) is 1. The predicted octanol–water partition coefficient (Wildman–Crippen LogP) is 14.5. The van der Waals surface area contributed by atoms with Gasteiger partial charge >= 0.3 is 0 Å². The fraction of sp³-hybridized carbons (Fsp3) is 0.941. The summed E-state index contributed by atoms with van der Waals surface area (Å²) < 4.78 is 23.4. The van der Waals surface area contributed by atoms with E-state index in [0.29, 0.717) is 23.9 Å². The highest BCUT2D eigenvalue weighted by Crippen LogP contribution is 2.38. The number of phosphoric acid groups is 1. The highest BCUT2D eigenvalue weighted by Gasteiger charge is 2.24. The van der Waals surface area contributed by atoms with Crippen molar-refractivity contribution in [2.24, 2.45) is 0 Å². The van der Waals surface area contributed by atoms with Crippen molar-refractivity contribution in [3.05, 3.63) is 12.2 Å². The van der Waals surface area contributed by atoms with Crippen LogP contribution in [0, 0.1) is 0 Å². The van der Waals surface area contributed by atoms with E-state index in [9.17, 15) is 19.4 Å². The standard InChI is InChI=1S/C51H103N2O6P/c1-6-8-10-12-14-16-18-20-22-24-26-27-28-30-32-34-36-38-40-42-44-50(54)49(48-59-60(56,57)58-47-46-53(3,4)5)52-51(55)45-43-41-39-37-35-33-31-29-25-23-21-19-17-15-13-11-9-7-2/h29,31,49-50,54H,6-28,30,32-48H2,1-5H3,(H-,52,55,56,57)/b31-29-. The number of aliphatic hydroxyl groups is 1. The number of rotatable bonds is 48. The maximum absolute atomic E-state index is 12.9. The molecule has 3 unspecified atom stereocenters. The lowest BCUT2D eigenvalue weighted by Crippen LogP contribution is -2.46. The number of unbranched alkanes of at least 4 members (excludes halogenated alkanes) is 33. The van der Waals surface area contributed by atoms with Crippen LogP contribution in [0.2, 0.25) is 0 Å². The third-order valence-corrected chi connectivity index (χ3v) is 13.0. The van der Waals surface area contributed by atoms with Gasteiger partial charge in [-0.25, -0.2) is 0 Å². The lowest BCUT2D eigenvalue weighted by atomic mass is 10.0. The summed E-state index contributed by atoms with van der Waals surface area (Å²) in [5.74, 6) is -0.169. The van der Waals surface area contributed by atoms with Gasteiger partial charge in [-0.3, -0.25) is 9.36 Å². The highest BCUT2D eigenvalue weighted by atomic mass is 31.2. The van der Waals surface area contributed by atoms with Crippen LogP contribution in [0.25, 0.3) is 0 Å². The Morgan fingerprint density at radius 2 is 0.917 bits per heavy atom. The number of amides is 1. The Labute approximate surface area is 373 Å². The van der Waals surface area contributed by atoms with E-state index in [1.165, 1.54) is 180 Å². The minimum atomic E-state index is -4.57. The molecule has 9 heteroatoms. The summed E-state index contributed by atoms with van der Waals surface area (Å²) in [5, 5.41) is 14.0. The first-order chi connectivity index (χ1) is 29.0. The number of carbonyl (C=O) groups is 1. The van der Waals surface area contributed by atoms with Crippen LogP contribution in [0.4, 0.5) is 0 Å². The molecule has 0 spiro atoms. The molecule has 0 aromatic heterocycles. The first-order valence-electron chi connectivity index (χ1n) is 26.0. The lowest BCUT2D eigenvalue weighted by molar-refractivity contribution is -0.870. The Kier molecular flexibility index (Phi) is 42.9. The maximum Gasteiger partial charge on any atom is 0.268 e. The molecular weight excluding hydrogens is 768 g/mol. The molecule has 0 heterocycles. The molecular formula is C51H103N2O6P. The molecule has 358 valence electrons. The Morgan fingerprint density at radius 3 is 1.30 bits per heavy atom. The number of aliphatic hydroxyl groups excluding tert-OH is 1. The molecule has 0 aliphatic rings. The normalized spacial score (nSPS) is 14.2. The van der Waals surface area contributed by atoms with Crippen molar-refractivity contribution in [3.63, 3.8) is 0 Å². The van der Waals surface area contributed by atoms with E-state index in [0.717, 1.165) is 51.4 Å². The summed E-state index contributed by atoms with van der Waals surface area (Å²) in [4.78, 5) is 25.4. The Bertz CT molecular complexity index is 989. The van der Waals surface area contributed by atoms with Gasteiger partial charge < -0.3 is 28.8 Å². The number of phosphoric ester groups is 1. The van der Waals surface area contributed by atoms with Crippen LogP contribution >= 0.6 is 7.82 Å². The molecule has 0 radical (unpaired) electrons. The van der Waals surface area contributed by atoms with E-state index < -0.39 is 20.0 Å². The number of carbonyl (C=O) groups excluding carboxylic acids is 1. The monoisotopic (exact) mass is 871 g/mol. The number of hydrogen-bond acceptors (Lipinski definition) is 6. The third-order valence-electron chi connectivity index (χ3n) is 12.0. The molecule has 0 aromatic rings. The lowest BCUT2D eigenvalue weighted by Gasteiger charge is -2.30. The van der Waals surface area contributed by atoms with Gasteiger partial charge in [0.25, 0.3) is 7.82 Å². The zero-order valence-electron chi connectivity index (χ0n) is 40.7. The molecule has 2 N–H and O–H groups in total. The number of quaternary nitrogens is 1. The molecule has 0 bridgehead atoms. The van der Waals surface area contributed by atoms with Gasteiger partial charge in [-0.05, 0) is 38.5 Å². The average molecular weight is 871 g/mol. The summed E-state index contributed by atoms with van der Waals surface area (Å²) in [6.45, 7) is 4.75. The van der Waals surface area contributed by atoms with Gasteiger partial charge in [0.2, 0.25) is 5.91 Å². The molecule has 3 atom stereocenters. The number of likely N-dealkylation sites (N-methyl/N-ethyl adjacent to an activating group) is 1. The van der Waals surface area contributed by atoms with Gasteiger partial charge in [0.1, 0.15) is 13.2 Å². The summed E-state index contributed by atoms with van der Waals surface area (Å²) in [6.07, 6.45) is 50.8. The Hall–Kier alpha value is -0.760. The zero-order valence-corrected chi connectivity index (χ0v) is 41.6. The quantitative estimate of drug-likeness (QED) is 0.0273. The van der Waals surface area contributed by atoms with E-state index in [-0.39, 0.29) is 19.1 Å². The van der Waals surface area contributed by atoms with Crippen LogP contribution in [-0.2, 0) is 18.4 Å². The predicted molar refractivity (Wildman–Crippen MR) is 256 cm³/mol. The summed E-state index contributed by atoms with van der Waals surface area (Å²) in [5.41, 5.74) is 0. The van der Waals surface area contributed by atoms with Gasteiger partial charge in [-0.1, -0.05) is 225 Å². The third kappa shape index (κ3) is 45.3. The van der Waals surface area contributed by atoms with Crippen LogP contribution in [0.1, 0.15) is 258 Å². The number of hydrogen-bond donors (Lipinski definition) is 2. The number of nitrogens with one attached hydrogen (secondary N) is 1. The highest BCUT2D eigenvalue weighted by molar-refractivity contribution is 7.45. The number of allylic oxidation sites excluding steroid dienone is 2. The van der Waals surface area contributed by atoms with Crippen molar-refractivity contribution in [2.45, 2.75) is 270 Å². The first kappa shape index (κ1) is 59.2. The molecule has 0 saturated heterocycles. The molecule has 1 amide bonds. The van der Waals surface area contributed by atoms with Crippen molar-refractivity contribution >= 4 is 13.7 Å². The van der Waals surface area contributed by atoms with E-state index >= 15 is 0 Å². The van der Waals surface area contributed by atoms with Gasteiger partial charge in [-0.2, -0.15) is 0 Å². The van der Waals surface area contributed by atoms with Gasteiger partial charge in [0.15, 0.2) is 0 Å². The van der Waals surface area contributed by atoms with Crippen LogP contribution in [0.15, 0.2) is 12.2 Å². The second kappa shape index (κ2) is 43.5. The second-order valence-electron chi connectivity index (χ2n) is 19.2. The maximum atomic E-state index is 12.9. The van der Waals surface area contributed by atoms with Gasteiger partial charge in [-0.15, -0.1) is 0 Å². The summed E-state index contributed by atoms with van der Waals surface area (Å²) in [7, 11) is 1.31. The van der Waals surface area contributed by atoms with E-state index in [1.807, 2.05) is 21.1 Å². The van der Waals surface area contributed by atoms with Crippen LogP contribution in [0.5, 0.6) is 0 Å². The average Bonchev–Trinajstić information content (AvgIpc) is 3.20. The van der Waals surface area contributed by atoms with Gasteiger partial charge in [0.05, 0.1) is 39.9 Å². The van der Waals surface area contributed by atoms with Crippen molar-refractivity contribution in [1.29, 1.82) is 0 Å². The molecule has 0 aliphatic carbocycles. The minimum Gasteiger partial charge on any atom is -0.756 e. The van der Waals surface area contributed by atoms with Crippen LogP contribution in [-0.4, -0.2) is 68.5 Å². The van der Waals surface area contributed by atoms with Crippen molar-refractivity contribution in [3.8, 4) is 0 Å². The van der Waals surface area contributed by atoms with Crippen molar-refractivity contribution < 1.29 is 32.9 Å².